The summed E-state index contributed by atoms with van der Waals surface area (Å²) in [7, 11) is 0. The zero-order chi connectivity index (χ0) is 9.68. The largest absolute Gasteiger partial charge is 0.325 e. The second-order valence-electron chi connectivity index (χ2n) is 2.74. The summed E-state index contributed by atoms with van der Waals surface area (Å²) in [6.07, 6.45) is 5.13. The van der Waals surface area contributed by atoms with Gasteiger partial charge in [-0.2, -0.15) is 0 Å². The smallest absolute Gasteiger partial charge is 0.236 e. The van der Waals surface area contributed by atoms with Gasteiger partial charge in [-0.25, -0.2) is 0 Å². The van der Waals surface area contributed by atoms with E-state index in [-0.39, 0.29) is 12.3 Å². The second kappa shape index (κ2) is 4.32. The summed E-state index contributed by atoms with van der Waals surface area (Å²) >= 11 is 0. The van der Waals surface area contributed by atoms with Crippen LogP contribution >= 0.6 is 0 Å². The Morgan fingerprint density at radius 2 is 2.23 bits per heavy atom. The molecule has 0 aromatic heterocycles. The van der Waals surface area contributed by atoms with Crippen LogP contribution in [-0.4, -0.2) is 5.91 Å². The molecule has 2 nitrogen and oxygen atoms in total. The number of hydrogen-bond donors (Lipinski definition) is 1. The Morgan fingerprint density at radius 1 is 1.54 bits per heavy atom. The average molecular weight is 173 g/mol. The number of nitrogens with one attached hydrogen (secondary N) is 1. The second-order valence-corrected chi connectivity index (χ2v) is 2.74. The normalized spacial score (nSPS) is 8.92. The Morgan fingerprint density at radius 3 is 2.85 bits per heavy atom. The minimum Gasteiger partial charge on any atom is -0.325 e. The van der Waals surface area contributed by atoms with Crippen LogP contribution in [0.2, 0.25) is 0 Å². The molecule has 0 unspecified atom stereocenters. The number of carbonyl (C=O) groups excluding carboxylic acids is 1. The monoisotopic (exact) mass is 173 g/mol. The minimum absolute atomic E-state index is 0.119. The van der Waals surface area contributed by atoms with Gasteiger partial charge in [-0.15, -0.1) is 6.42 Å². The first-order valence-corrected chi connectivity index (χ1v) is 4.03. The molecule has 0 saturated heterocycles. The van der Waals surface area contributed by atoms with E-state index in [0.717, 1.165) is 11.3 Å². The average Bonchev–Trinajstić information content (AvgIpc) is 2.09. The maximum absolute atomic E-state index is 11.1. The molecule has 1 N–H and O–H groups in total. The zero-order valence-corrected chi connectivity index (χ0v) is 7.50. The van der Waals surface area contributed by atoms with Gasteiger partial charge >= 0.3 is 0 Å². The fourth-order valence-electron chi connectivity index (χ4n) is 1.00. The molecule has 0 aliphatic carbocycles. The third-order valence-electron chi connectivity index (χ3n) is 1.68. The van der Waals surface area contributed by atoms with Gasteiger partial charge in [0, 0.05) is 5.69 Å². The summed E-state index contributed by atoms with van der Waals surface area (Å²) in [4.78, 5) is 11.1. The van der Waals surface area contributed by atoms with Gasteiger partial charge in [-0.1, -0.05) is 24.1 Å². The third-order valence-corrected chi connectivity index (χ3v) is 1.68. The lowest BCUT2D eigenvalue weighted by Crippen LogP contribution is -2.10. The number of hydrogen-bond acceptors (Lipinski definition) is 1. The van der Waals surface area contributed by atoms with Gasteiger partial charge in [0.25, 0.3) is 0 Å². The van der Waals surface area contributed by atoms with E-state index in [4.69, 9.17) is 6.42 Å². The van der Waals surface area contributed by atoms with Gasteiger partial charge in [-0.05, 0) is 18.6 Å². The van der Waals surface area contributed by atoms with E-state index in [0.29, 0.717) is 0 Å². The van der Waals surface area contributed by atoms with E-state index in [1.807, 2.05) is 31.2 Å². The van der Waals surface area contributed by atoms with Crippen molar-refractivity contribution in [1.82, 2.24) is 0 Å². The molecule has 0 atom stereocenters. The van der Waals surface area contributed by atoms with E-state index in [2.05, 4.69) is 11.2 Å². The van der Waals surface area contributed by atoms with Crippen LogP contribution in [0.5, 0.6) is 0 Å². The SMILES string of the molecule is C#CCC(=O)Nc1ccccc1C. The van der Waals surface area contributed by atoms with Gasteiger partial charge in [-0.3, -0.25) is 4.79 Å². The number of amides is 1. The van der Waals surface area contributed by atoms with E-state index >= 15 is 0 Å². The summed E-state index contributed by atoms with van der Waals surface area (Å²) < 4.78 is 0. The molecule has 0 radical (unpaired) electrons. The van der Waals surface area contributed by atoms with Crippen molar-refractivity contribution < 1.29 is 4.79 Å². The van der Waals surface area contributed by atoms with Crippen LogP contribution in [0.25, 0.3) is 0 Å². The van der Waals surface area contributed by atoms with Crippen molar-refractivity contribution in [1.29, 1.82) is 0 Å². The summed E-state index contributed by atoms with van der Waals surface area (Å²) in [6, 6.07) is 7.58. The highest BCUT2D eigenvalue weighted by atomic mass is 16.1. The molecule has 1 rings (SSSR count). The Hall–Kier alpha value is -1.75. The van der Waals surface area contributed by atoms with Crippen molar-refractivity contribution in [2.24, 2.45) is 0 Å². The topological polar surface area (TPSA) is 29.1 Å². The molecule has 0 aliphatic heterocycles. The highest BCUT2D eigenvalue weighted by Crippen LogP contribution is 2.12. The van der Waals surface area contributed by atoms with Crippen LogP contribution in [0.3, 0.4) is 0 Å². The summed E-state index contributed by atoms with van der Waals surface area (Å²) in [5.41, 5.74) is 1.86. The van der Waals surface area contributed by atoms with E-state index in [9.17, 15) is 4.79 Å². The fourth-order valence-corrected chi connectivity index (χ4v) is 1.00. The molecule has 0 saturated carbocycles. The summed E-state index contributed by atoms with van der Waals surface area (Å²) in [5.74, 6) is 2.15. The molecule has 2 heteroatoms. The van der Waals surface area contributed by atoms with Crippen LogP contribution in [0.4, 0.5) is 5.69 Å². The van der Waals surface area contributed by atoms with Crippen molar-refractivity contribution in [3.63, 3.8) is 0 Å². The summed E-state index contributed by atoms with van der Waals surface area (Å²) in [5, 5.41) is 2.73. The molecular weight excluding hydrogens is 162 g/mol. The standard InChI is InChI=1S/C11H11NO/c1-3-6-11(13)12-10-8-5-4-7-9(10)2/h1,4-5,7-8H,6H2,2H3,(H,12,13). The molecule has 1 amide bonds. The molecule has 0 spiro atoms. The zero-order valence-electron chi connectivity index (χ0n) is 7.50. The van der Waals surface area contributed by atoms with Crippen LogP contribution in [0, 0.1) is 19.3 Å². The number of para-hydroxylation sites is 1. The van der Waals surface area contributed by atoms with Crippen molar-refractivity contribution in [2.45, 2.75) is 13.3 Å². The molecule has 0 fully saturated rings. The Bertz CT molecular complexity index is 349. The van der Waals surface area contributed by atoms with Gasteiger partial charge in [0.15, 0.2) is 0 Å². The molecule has 0 aliphatic rings. The highest BCUT2D eigenvalue weighted by Gasteiger charge is 2.00. The molecular formula is C11H11NO. The van der Waals surface area contributed by atoms with Crippen LogP contribution in [0.1, 0.15) is 12.0 Å². The molecule has 13 heavy (non-hydrogen) atoms. The first kappa shape index (κ1) is 9.34. The van der Waals surface area contributed by atoms with Crippen LogP contribution in [0.15, 0.2) is 24.3 Å². The number of carbonyl (C=O) groups is 1. The lowest BCUT2D eigenvalue weighted by molar-refractivity contribution is -0.115. The van der Waals surface area contributed by atoms with Crippen LogP contribution < -0.4 is 5.32 Å². The molecule has 0 heterocycles. The first-order valence-electron chi connectivity index (χ1n) is 4.03. The minimum atomic E-state index is -0.142. The molecule has 1 aromatic rings. The number of benzene rings is 1. The van der Waals surface area contributed by atoms with E-state index in [1.165, 1.54) is 0 Å². The first-order chi connectivity index (χ1) is 6.24. The van der Waals surface area contributed by atoms with Crippen molar-refractivity contribution >= 4 is 11.6 Å². The van der Waals surface area contributed by atoms with E-state index in [1.54, 1.807) is 0 Å². The predicted molar refractivity (Wildman–Crippen MR) is 53.3 cm³/mol. The van der Waals surface area contributed by atoms with Crippen LogP contribution in [-0.2, 0) is 4.79 Å². The molecule has 66 valence electrons. The van der Waals surface area contributed by atoms with Crippen molar-refractivity contribution in [3.8, 4) is 12.3 Å². The number of aryl methyl sites for hydroxylation is 1. The predicted octanol–water partition coefficient (Wildman–Crippen LogP) is 1.96. The van der Waals surface area contributed by atoms with E-state index < -0.39 is 0 Å². The van der Waals surface area contributed by atoms with Gasteiger partial charge in [0.1, 0.15) is 0 Å². The molecule has 1 aromatic carbocycles. The molecule has 0 bridgehead atoms. The maximum atomic E-state index is 11.1. The Labute approximate surface area is 78.0 Å². The highest BCUT2D eigenvalue weighted by molar-refractivity contribution is 5.92. The van der Waals surface area contributed by atoms with Crippen molar-refractivity contribution in [3.05, 3.63) is 29.8 Å². The number of anilines is 1. The lowest BCUT2D eigenvalue weighted by atomic mass is 10.2. The quantitative estimate of drug-likeness (QED) is 0.680. The fraction of sp³-hybridized carbons (Fsp3) is 0.182. The lowest BCUT2D eigenvalue weighted by Gasteiger charge is -2.05. The maximum Gasteiger partial charge on any atom is 0.236 e. The number of rotatable bonds is 2. The summed E-state index contributed by atoms with van der Waals surface area (Å²) in [6.45, 7) is 1.94. The Kier molecular flexibility index (Phi) is 3.10. The number of terminal acetylenes is 1. The Balaban J connectivity index is 2.70. The van der Waals surface area contributed by atoms with Gasteiger partial charge < -0.3 is 5.32 Å². The van der Waals surface area contributed by atoms with Gasteiger partial charge in [0.2, 0.25) is 5.91 Å². The van der Waals surface area contributed by atoms with Crippen molar-refractivity contribution in [2.75, 3.05) is 5.32 Å². The third kappa shape index (κ3) is 2.64. The van der Waals surface area contributed by atoms with Gasteiger partial charge in [0.05, 0.1) is 6.42 Å².